The maximum absolute atomic E-state index is 13.8. The molecule has 50 heavy (non-hydrogen) atoms. The van der Waals surface area contributed by atoms with Crippen LogP contribution in [0.5, 0.6) is 0 Å². The number of hydrogen-bond donors (Lipinski definition) is 4. The number of amides is 2. The predicted octanol–water partition coefficient (Wildman–Crippen LogP) is 6.75. The lowest BCUT2D eigenvalue weighted by Crippen LogP contribution is -2.40. The molecule has 2 atom stereocenters. The summed E-state index contributed by atoms with van der Waals surface area (Å²) in [5, 5.41) is 19.0. The molecule has 15 heteroatoms. The number of nitrogens with zero attached hydrogens (tertiary/aromatic N) is 4. The van der Waals surface area contributed by atoms with Crippen molar-refractivity contribution in [3.63, 3.8) is 0 Å². The number of piperidine rings is 1. The van der Waals surface area contributed by atoms with E-state index in [0.29, 0.717) is 50.7 Å². The lowest BCUT2D eigenvalue weighted by molar-refractivity contribution is -0.182. The summed E-state index contributed by atoms with van der Waals surface area (Å²) in [5.41, 5.74) is 4.20. The van der Waals surface area contributed by atoms with E-state index in [1.165, 1.54) is 18.7 Å². The van der Waals surface area contributed by atoms with E-state index in [2.05, 4.69) is 25.8 Å². The van der Waals surface area contributed by atoms with Crippen LogP contribution >= 0.6 is 23.2 Å². The van der Waals surface area contributed by atoms with E-state index in [9.17, 15) is 27.9 Å². The molecule has 3 aliphatic rings. The number of rotatable bonds is 9. The molecule has 0 radical (unpaired) electrons. The largest absolute Gasteiger partial charge is 0.392 e. The molecule has 2 saturated carbocycles. The second kappa shape index (κ2) is 13.6. The van der Waals surface area contributed by atoms with Crippen molar-refractivity contribution < 1.29 is 27.9 Å². The molecule has 0 spiro atoms. The molecular weight excluding hydrogens is 694 g/mol. The number of alkyl halides is 3. The number of carbonyl (C=O) groups is 2. The molecule has 2 aromatic heterocycles. The van der Waals surface area contributed by atoms with Gasteiger partial charge in [-0.05, 0) is 85.4 Å². The van der Waals surface area contributed by atoms with Gasteiger partial charge in [0.2, 0.25) is 5.95 Å². The second-order valence-electron chi connectivity index (χ2n) is 13.5. The first-order chi connectivity index (χ1) is 23.9. The standard InChI is InChI=1S/C35H36Cl2F3N7O3/c1-46-29-13-28(47-15-20-11-21(20)16-47)24(32(49)43-23-5-3-22(4-6-23)35(38,39)40)12-26(29)44-34(46)45-31-25(36)7-2-19(30(31)37)14-42-33(50)27-10-18(17-48)8-9-41-27/h2,7-10,12-13,20-23,48H,3-6,11,14-17H2,1H3,(H,42,50)(H,43,49)(H,44,45). The molecule has 264 valence electrons. The Labute approximate surface area is 296 Å². The lowest BCUT2D eigenvalue weighted by atomic mass is 9.85. The summed E-state index contributed by atoms with van der Waals surface area (Å²) in [6.07, 6.45) is -1.03. The molecule has 3 heterocycles. The van der Waals surface area contributed by atoms with Crippen molar-refractivity contribution in [1.82, 2.24) is 25.2 Å². The highest BCUT2D eigenvalue weighted by Crippen LogP contribution is 2.47. The van der Waals surface area contributed by atoms with Gasteiger partial charge in [0.05, 0.1) is 50.5 Å². The van der Waals surface area contributed by atoms with Gasteiger partial charge in [0, 0.05) is 38.9 Å². The minimum absolute atomic E-state index is 0.000510. The Morgan fingerprint density at radius 2 is 1.76 bits per heavy atom. The molecule has 2 aromatic carbocycles. The zero-order valence-electron chi connectivity index (χ0n) is 27.2. The first-order valence-electron chi connectivity index (χ1n) is 16.6. The SMILES string of the molecule is Cn1c(Nc2c(Cl)ccc(CNC(=O)c3cc(CO)ccn3)c2Cl)nc2cc(C(=O)NC3CCC(C(F)(F)F)CC3)c(N3CC4CC4C3)cc21. The number of halogens is 5. The fourth-order valence-corrected chi connectivity index (χ4v) is 7.66. The van der Waals surface area contributed by atoms with Crippen LogP contribution in [0.25, 0.3) is 11.0 Å². The van der Waals surface area contributed by atoms with Crippen LogP contribution < -0.4 is 20.9 Å². The number of aliphatic hydroxyl groups excluding tert-OH is 1. The highest BCUT2D eigenvalue weighted by atomic mass is 35.5. The van der Waals surface area contributed by atoms with Crippen LogP contribution in [-0.2, 0) is 20.2 Å². The van der Waals surface area contributed by atoms with Crippen molar-refractivity contribution in [2.75, 3.05) is 23.3 Å². The van der Waals surface area contributed by atoms with Crippen molar-refractivity contribution in [3.8, 4) is 0 Å². The van der Waals surface area contributed by atoms with E-state index in [-0.39, 0.29) is 61.5 Å². The van der Waals surface area contributed by atoms with Gasteiger partial charge >= 0.3 is 6.18 Å². The van der Waals surface area contributed by atoms with Crippen molar-refractivity contribution in [3.05, 3.63) is 75.0 Å². The molecule has 3 fully saturated rings. The van der Waals surface area contributed by atoms with E-state index < -0.39 is 18.0 Å². The molecule has 7 rings (SSSR count). The third-order valence-electron chi connectivity index (χ3n) is 10.2. The van der Waals surface area contributed by atoms with E-state index in [1.54, 1.807) is 24.3 Å². The summed E-state index contributed by atoms with van der Waals surface area (Å²) in [6.45, 7) is 1.54. The van der Waals surface area contributed by atoms with E-state index >= 15 is 0 Å². The summed E-state index contributed by atoms with van der Waals surface area (Å²) < 4.78 is 41.6. The molecule has 10 nitrogen and oxygen atoms in total. The maximum atomic E-state index is 13.8. The Morgan fingerprint density at radius 3 is 2.46 bits per heavy atom. The van der Waals surface area contributed by atoms with Gasteiger partial charge in [-0.25, -0.2) is 4.98 Å². The number of carbonyl (C=O) groups excluding carboxylic acids is 2. The zero-order chi connectivity index (χ0) is 35.3. The van der Waals surface area contributed by atoms with Gasteiger partial charge < -0.3 is 30.5 Å². The smallest absolute Gasteiger partial charge is 0.391 e. The molecule has 4 N–H and O–H groups in total. The molecule has 1 saturated heterocycles. The molecule has 2 unspecified atom stereocenters. The third kappa shape index (κ3) is 6.95. The van der Waals surface area contributed by atoms with Gasteiger partial charge in [0.15, 0.2) is 0 Å². The number of hydrogen-bond acceptors (Lipinski definition) is 7. The van der Waals surface area contributed by atoms with E-state index in [0.717, 1.165) is 24.3 Å². The lowest BCUT2D eigenvalue weighted by Gasteiger charge is -2.31. The average Bonchev–Trinajstić information content (AvgIpc) is 3.59. The minimum atomic E-state index is -4.22. The Kier molecular flexibility index (Phi) is 9.33. The van der Waals surface area contributed by atoms with Crippen LogP contribution in [0.1, 0.15) is 64.1 Å². The number of aryl methyl sites for hydroxylation is 1. The van der Waals surface area contributed by atoms with Crippen molar-refractivity contribution in [2.45, 2.75) is 57.5 Å². The van der Waals surface area contributed by atoms with Crippen LogP contribution in [0.3, 0.4) is 0 Å². The van der Waals surface area contributed by atoms with Crippen LogP contribution in [0.4, 0.5) is 30.5 Å². The van der Waals surface area contributed by atoms with Gasteiger partial charge in [-0.2, -0.15) is 13.2 Å². The fraction of sp³-hybridized carbons (Fsp3) is 0.429. The highest BCUT2D eigenvalue weighted by molar-refractivity contribution is 6.39. The maximum Gasteiger partial charge on any atom is 0.391 e. The van der Waals surface area contributed by atoms with Crippen molar-refractivity contribution in [1.29, 1.82) is 0 Å². The minimum Gasteiger partial charge on any atom is -0.392 e. The summed E-state index contributed by atoms with van der Waals surface area (Å²) in [7, 11) is 1.83. The average molecular weight is 731 g/mol. The summed E-state index contributed by atoms with van der Waals surface area (Å²) >= 11 is 13.4. The number of nitrogens with one attached hydrogen (secondary N) is 3. The molecule has 4 aromatic rings. The molecular formula is C35H36Cl2F3N7O3. The topological polar surface area (TPSA) is 124 Å². The Hall–Kier alpha value is -4.07. The number of aromatic nitrogens is 3. The highest BCUT2D eigenvalue weighted by Gasteiger charge is 2.46. The van der Waals surface area contributed by atoms with Gasteiger partial charge in [0.1, 0.15) is 5.69 Å². The monoisotopic (exact) mass is 729 g/mol. The van der Waals surface area contributed by atoms with Gasteiger partial charge in [0.25, 0.3) is 11.8 Å². The van der Waals surface area contributed by atoms with Crippen molar-refractivity contribution in [2.24, 2.45) is 24.8 Å². The molecule has 1 aliphatic heterocycles. The normalized spacial score (nSPS) is 21.6. The van der Waals surface area contributed by atoms with Gasteiger partial charge in [-0.15, -0.1) is 0 Å². The summed E-state index contributed by atoms with van der Waals surface area (Å²) in [5.74, 6) is -0.466. The molecule has 2 amide bonds. The number of pyridine rings is 1. The number of anilines is 3. The number of fused-ring (bicyclic) bond motifs is 2. The number of benzene rings is 2. The van der Waals surface area contributed by atoms with Crippen molar-refractivity contribution >= 4 is 63.4 Å². The van der Waals surface area contributed by atoms with Gasteiger partial charge in [-0.3, -0.25) is 14.6 Å². The molecule has 2 aliphatic carbocycles. The Morgan fingerprint density at radius 1 is 1.02 bits per heavy atom. The van der Waals surface area contributed by atoms with Crippen LogP contribution in [0.2, 0.25) is 10.0 Å². The summed E-state index contributed by atoms with van der Waals surface area (Å²) in [6, 6.07) is 9.84. The first kappa shape index (κ1) is 34.4. The van der Waals surface area contributed by atoms with Crippen LogP contribution in [0, 0.1) is 17.8 Å². The first-order valence-corrected chi connectivity index (χ1v) is 17.4. The predicted molar refractivity (Wildman–Crippen MR) is 185 cm³/mol. The fourth-order valence-electron chi connectivity index (χ4n) is 7.13. The number of imidazole rings is 1. The second-order valence-corrected chi connectivity index (χ2v) is 14.3. The van der Waals surface area contributed by atoms with E-state index in [1.807, 2.05) is 17.7 Å². The van der Waals surface area contributed by atoms with Crippen LogP contribution in [-0.4, -0.2) is 56.8 Å². The zero-order valence-corrected chi connectivity index (χ0v) is 28.7. The quantitative estimate of drug-likeness (QED) is 0.150. The number of aliphatic hydroxyl groups is 1. The molecule has 0 bridgehead atoms. The third-order valence-corrected chi connectivity index (χ3v) is 10.9. The van der Waals surface area contributed by atoms with Gasteiger partial charge in [-0.1, -0.05) is 29.3 Å². The summed E-state index contributed by atoms with van der Waals surface area (Å²) in [4.78, 5) is 37.6. The van der Waals surface area contributed by atoms with E-state index in [4.69, 9.17) is 28.2 Å². The Bertz CT molecular complexity index is 1950. The van der Waals surface area contributed by atoms with Crippen LogP contribution in [0.15, 0.2) is 42.6 Å². The Balaban J connectivity index is 1.13.